The fourth-order valence-electron chi connectivity index (χ4n) is 1.72. The van der Waals surface area contributed by atoms with E-state index in [0.717, 1.165) is 18.2 Å². The second kappa shape index (κ2) is 6.27. The average molecular weight is 278 g/mol. The summed E-state index contributed by atoms with van der Waals surface area (Å²) in [6.45, 7) is 4.60. The minimum atomic E-state index is -0.534. The molecule has 0 fully saturated rings. The number of rotatable bonds is 5. The van der Waals surface area contributed by atoms with Gasteiger partial charge < -0.3 is 10.6 Å². The maximum Gasteiger partial charge on any atom is 0.146 e. The van der Waals surface area contributed by atoms with Crippen LogP contribution in [-0.2, 0) is 6.42 Å². The summed E-state index contributed by atoms with van der Waals surface area (Å²) in [6.07, 6.45) is 0.652. The first-order valence-corrected chi connectivity index (χ1v) is 6.46. The van der Waals surface area contributed by atoms with E-state index in [1.807, 2.05) is 13.8 Å². The molecule has 1 aromatic heterocycles. The molecule has 2 aromatic rings. The summed E-state index contributed by atoms with van der Waals surface area (Å²) < 4.78 is 26.7. The molecule has 0 aliphatic carbocycles. The fourth-order valence-corrected chi connectivity index (χ4v) is 1.72. The lowest BCUT2D eigenvalue weighted by Gasteiger charge is -2.10. The number of halogens is 2. The molecular formula is C14H16F2N4. The average Bonchev–Trinajstić information content (AvgIpc) is 2.43. The molecule has 0 saturated heterocycles. The van der Waals surface area contributed by atoms with Crippen LogP contribution < -0.4 is 10.6 Å². The van der Waals surface area contributed by atoms with Crippen LogP contribution in [0.3, 0.4) is 0 Å². The summed E-state index contributed by atoms with van der Waals surface area (Å²) in [4.78, 5) is 8.54. The molecule has 0 aliphatic heterocycles. The Bertz CT molecular complexity index is 602. The first-order valence-electron chi connectivity index (χ1n) is 6.46. The highest BCUT2D eigenvalue weighted by Gasteiger charge is 2.07. The van der Waals surface area contributed by atoms with Crippen molar-refractivity contribution in [1.29, 1.82) is 0 Å². The van der Waals surface area contributed by atoms with E-state index in [1.54, 1.807) is 6.07 Å². The van der Waals surface area contributed by atoms with Crippen molar-refractivity contribution in [2.45, 2.75) is 20.3 Å². The Kier molecular flexibility index (Phi) is 4.45. The monoisotopic (exact) mass is 278 g/mol. The summed E-state index contributed by atoms with van der Waals surface area (Å²) in [7, 11) is 0. The Balaban J connectivity index is 2.32. The zero-order valence-electron chi connectivity index (χ0n) is 11.4. The predicted molar refractivity (Wildman–Crippen MR) is 75.2 cm³/mol. The molecule has 6 heteroatoms. The molecule has 1 heterocycles. The Morgan fingerprint density at radius 3 is 2.50 bits per heavy atom. The Hall–Kier alpha value is -2.24. The lowest BCUT2D eigenvalue weighted by molar-refractivity contribution is 0.603. The molecule has 1 aromatic carbocycles. The van der Waals surface area contributed by atoms with Crippen molar-refractivity contribution in [3.8, 4) is 0 Å². The summed E-state index contributed by atoms with van der Waals surface area (Å²) in [5.41, 5.74) is 0.0493. The molecule has 2 rings (SSSR count). The number of hydrogen-bond donors (Lipinski definition) is 2. The summed E-state index contributed by atoms with van der Waals surface area (Å²) >= 11 is 0. The van der Waals surface area contributed by atoms with Crippen molar-refractivity contribution >= 4 is 17.3 Å². The maximum atomic E-state index is 13.6. The first-order chi connectivity index (χ1) is 9.62. The van der Waals surface area contributed by atoms with Gasteiger partial charge in [-0.15, -0.1) is 0 Å². The van der Waals surface area contributed by atoms with Crippen LogP contribution in [0.25, 0.3) is 0 Å². The molecule has 0 bridgehead atoms. The minimum Gasteiger partial charge on any atom is -0.370 e. The molecule has 0 aliphatic rings. The predicted octanol–water partition coefficient (Wildman–Crippen LogP) is 3.49. The van der Waals surface area contributed by atoms with E-state index in [2.05, 4.69) is 20.6 Å². The van der Waals surface area contributed by atoms with Crippen molar-refractivity contribution in [2.75, 3.05) is 17.2 Å². The number of aryl methyl sites for hydroxylation is 1. The van der Waals surface area contributed by atoms with Crippen molar-refractivity contribution in [3.05, 3.63) is 41.7 Å². The van der Waals surface area contributed by atoms with Gasteiger partial charge in [0.1, 0.15) is 29.1 Å². The van der Waals surface area contributed by atoms with Crippen molar-refractivity contribution in [1.82, 2.24) is 9.97 Å². The van der Waals surface area contributed by atoms with Crippen molar-refractivity contribution < 1.29 is 8.78 Å². The van der Waals surface area contributed by atoms with Crippen LogP contribution in [0.4, 0.5) is 26.1 Å². The van der Waals surface area contributed by atoms with Gasteiger partial charge in [-0.2, -0.15) is 0 Å². The molecule has 2 N–H and O–H groups in total. The van der Waals surface area contributed by atoms with Gasteiger partial charge in [0.2, 0.25) is 0 Å². The van der Waals surface area contributed by atoms with Gasteiger partial charge in [-0.25, -0.2) is 18.7 Å². The molecule has 4 nitrogen and oxygen atoms in total. The zero-order chi connectivity index (χ0) is 14.5. The maximum absolute atomic E-state index is 13.6. The topological polar surface area (TPSA) is 49.8 Å². The van der Waals surface area contributed by atoms with Gasteiger partial charge in [-0.1, -0.05) is 6.92 Å². The second-order valence-electron chi connectivity index (χ2n) is 4.19. The van der Waals surface area contributed by atoms with E-state index in [9.17, 15) is 8.78 Å². The number of hydrogen-bond acceptors (Lipinski definition) is 4. The van der Waals surface area contributed by atoms with Crippen LogP contribution in [0.2, 0.25) is 0 Å². The highest BCUT2D eigenvalue weighted by Crippen LogP contribution is 2.21. The van der Waals surface area contributed by atoms with Crippen LogP contribution in [0.5, 0.6) is 0 Å². The van der Waals surface area contributed by atoms with Crippen molar-refractivity contribution in [3.63, 3.8) is 0 Å². The molecule has 0 saturated carbocycles. The number of anilines is 3. The molecular weight excluding hydrogens is 262 g/mol. The Morgan fingerprint density at radius 1 is 1.05 bits per heavy atom. The molecule has 0 atom stereocenters. The van der Waals surface area contributed by atoms with Gasteiger partial charge in [0, 0.05) is 25.1 Å². The van der Waals surface area contributed by atoms with E-state index in [-0.39, 0.29) is 5.69 Å². The fraction of sp³-hybridized carbons (Fsp3) is 0.286. The molecule has 20 heavy (non-hydrogen) atoms. The summed E-state index contributed by atoms with van der Waals surface area (Å²) in [5, 5.41) is 5.86. The Labute approximate surface area is 116 Å². The standard InChI is InChI=1S/C14H16F2N4/c1-3-12-19-13(17-4-2)8-14(20-12)18-11-7-9(15)5-6-10(11)16/h5-8H,3-4H2,1-2H3,(H2,17,18,19,20). The number of nitrogens with one attached hydrogen (secondary N) is 2. The largest absolute Gasteiger partial charge is 0.370 e. The molecule has 0 amide bonds. The number of benzene rings is 1. The Morgan fingerprint density at radius 2 is 1.80 bits per heavy atom. The van der Waals surface area contributed by atoms with Gasteiger partial charge in [0.15, 0.2) is 0 Å². The zero-order valence-corrected chi connectivity index (χ0v) is 11.4. The van der Waals surface area contributed by atoms with Crippen LogP contribution in [0.1, 0.15) is 19.7 Å². The van der Waals surface area contributed by atoms with Crippen molar-refractivity contribution in [2.24, 2.45) is 0 Å². The lowest BCUT2D eigenvalue weighted by atomic mass is 10.3. The van der Waals surface area contributed by atoms with E-state index in [1.165, 1.54) is 0 Å². The molecule has 0 spiro atoms. The van der Waals surface area contributed by atoms with Gasteiger partial charge in [-0.05, 0) is 19.1 Å². The van der Waals surface area contributed by atoms with E-state index >= 15 is 0 Å². The number of aromatic nitrogens is 2. The highest BCUT2D eigenvalue weighted by atomic mass is 19.1. The van der Waals surface area contributed by atoms with Crippen LogP contribution in [0.15, 0.2) is 24.3 Å². The van der Waals surface area contributed by atoms with E-state index < -0.39 is 11.6 Å². The summed E-state index contributed by atoms with van der Waals surface area (Å²) in [5.74, 6) is 0.664. The van der Waals surface area contributed by atoms with Gasteiger partial charge in [0.25, 0.3) is 0 Å². The highest BCUT2D eigenvalue weighted by molar-refractivity contribution is 5.59. The van der Waals surface area contributed by atoms with Gasteiger partial charge >= 0.3 is 0 Å². The second-order valence-corrected chi connectivity index (χ2v) is 4.19. The molecule has 106 valence electrons. The third kappa shape index (κ3) is 3.40. The SMILES string of the molecule is CCNc1cc(Nc2cc(F)ccc2F)nc(CC)n1. The first kappa shape index (κ1) is 14.2. The molecule has 0 unspecified atom stereocenters. The van der Waals surface area contributed by atoms with E-state index in [4.69, 9.17) is 0 Å². The minimum absolute atomic E-state index is 0.0493. The normalized spacial score (nSPS) is 10.4. The number of nitrogens with zero attached hydrogens (tertiary/aromatic N) is 2. The van der Waals surface area contributed by atoms with Crippen LogP contribution in [0, 0.1) is 11.6 Å². The van der Waals surface area contributed by atoms with Gasteiger partial charge in [-0.3, -0.25) is 0 Å². The van der Waals surface area contributed by atoms with Gasteiger partial charge in [0.05, 0.1) is 5.69 Å². The van der Waals surface area contributed by atoms with Crippen LogP contribution in [-0.4, -0.2) is 16.5 Å². The quantitative estimate of drug-likeness (QED) is 0.879. The third-order valence-corrected chi connectivity index (χ3v) is 2.64. The third-order valence-electron chi connectivity index (χ3n) is 2.64. The smallest absolute Gasteiger partial charge is 0.146 e. The molecule has 0 radical (unpaired) electrons. The summed E-state index contributed by atoms with van der Waals surface area (Å²) in [6, 6.07) is 4.90. The lowest BCUT2D eigenvalue weighted by Crippen LogP contribution is -2.06. The van der Waals surface area contributed by atoms with Crippen LogP contribution >= 0.6 is 0 Å². The van der Waals surface area contributed by atoms with E-state index in [0.29, 0.717) is 30.4 Å².